The maximum Gasteiger partial charge on any atom is 1.00 e. The molecule has 0 saturated heterocycles. The first-order valence-electron chi connectivity index (χ1n) is 6.19. The van der Waals surface area contributed by atoms with E-state index in [1.54, 1.807) is 13.8 Å². The molecule has 1 N–H and O–H groups in total. The zero-order valence-electron chi connectivity index (χ0n) is 12.6. The van der Waals surface area contributed by atoms with Gasteiger partial charge in [-0.1, -0.05) is 13.8 Å². The Morgan fingerprint density at radius 2 is 1.45 bits per heavy atom. The number of carboxylic acid groups (broad SMARTS) is 2. The maximum absolute atomic E-state index is 11.2. The van der Waals surface area contributed by atoms with Crippen LogP contribution in [0.4, 0.5) is 0 Å². The monoisotopic (exact) mass is 300 g/mol. The molecule has 0 radical (unpaired) electrons. The number of aliphatic carboxylic acids is 2. The van der Waals surface area contributed by atoms with Crippen LogP contribution in [0.3, 0.4) is 0 Å². The number of carbonyl (C=O) groups excluding carboxylic acids is 2. The molecule has 0 spiro atoms. The van der Waals surface area contributed by atoms with Crippen LogP contribution in [-0.4, -0.2) is 23.1 Å². The minimum Gasteiger partial charge on any atom is -0.545 e. The second-order valence-electron chi connectivity index (χ2n) is 5.06. The average Bonchev–Trinajstić information content (AvgIpc) is 2.25. The Balaban J connectivity index is 0. The van der Waals surface area contributed by atoms with Crippen LogP contribution in [0.15, 0.2) is 11.1 Å². The summed E-state index contributed by atoms with van der Waals surface area (Å²) >= 11 is 0. The fourth-order valence-corrected chi connectivity index (χ4v) is 2.52. The van der Waals surface area contributed by atoms with E-state index in [-0.39, 0.29) is 76.2 Å². The molecular weight excluding hydrogens is 282 g/mol. The van der Waals surface area contributed by atoms with Crippen LogP contribution in [0.2, 0.25) is 0 Å². The van der Waals surface area contributed by atoms with Crippen molar-refractivity contribution >= 4 is 11.9 Å². The Kier molecular flexibility index (Phi) is 11.9. The van der Waals surface area contributed by atoms with Crippen molar-refractivity contribution in [2.45, 2.75) is 45.6 Å². The summed E-state index contributed by atoms with van der Waals surface area (Å²) in [5.74, 6) is -3.69. The van der Waals surface area contributed by atoms with E-state index < -0.39 is 24.0 Å². The Morgan fingerprint density at radius 1 is 1.00 bits per heavy atom. The van der Waals surface area contributed by atoms with Crippen LogP contribution in [-0.2, 0) is 9.59 Å². The number of rotatable bonds is 4. The minimum absolute atomic E-state index is 0. The van der Waals surface area contributed by atoms with Gasteiger partial charge in [0.05, 0.1) is 18.0 Å². The van der Waals surface area contributed by atoms with Crippen molar-refractivity contribution in [3.63, 3.8) is 0 Å². The molecule has 0 unspecified atom stereocenters. The van der Waals surface area contributed by atoms with Crippen molar-refractivity contribution in [3.05, 3.63) is 11.1 Å². The first kappa shape index (κ1) is 22.9. The number of hydrogen-bond acceptors (Lipinski definition) is 5. The molecule has 0 atom stereocenters. The van der Waals surface area contributed by atoms with E-state index in [4.69, 9.17) is 0 Å². The van der Waals surface area contributed by atoms with Crippen molar-refractivity contribution in [1.29, 1.82) is 0 Å². The van der Waals surface area contributed by atoms with Crippen LogP contribution < -0.4 is 69.3 Å². The fourth-order valence-electron chi connectivity index (χ4n) is 2.52. The quantitative estimate of drug-likeness (QED) is 0.411. The molecule has 0 heterocycles. The van der Waals surface area contributed by atoms with Gasteiger partial charge in [-0.05, 0) is 48.7 Å². The van der Waals surface area contributed by atoms with Gasteiger partial charge in [-0.15, -0.1) is 0 Å². The number of carboxylic acids is 2. The molecule has 1 aliphatic rings. The molecule has 0 bridgehead atoms. The van der Waals surface area contributed by atoms with Gasteiger partial charge in [0.1, 0.15) is 0 Å². The molecule has 1 saturated carbocycles. The van der Waals surface area contributed by atoms with Gasteiger partial charge in [-0.2, -0.15) is 0 Å². The molecule has 1 aliphatic carbocycles. The Labute approximate surface area is 163 Å². The normalized spacial score (nSPS) is 23.2. The summed E-state index contributed by atoms with van der Waals surface area (Å²) in [4.78, 5) is 22.3. The van der Waals surface area contributed by atoms with Gasteiger partial charge in [-0.25, -0.2) is 0 Å². The molecule has 0 aromatic heterocycles. The third kappa shape index (κ3) is 6.18. The van der Waals surface area contributed by atoms with Gasteiger partial charge < -0.3 is 24.9 Å². The predicted octanol–water partition coefficient (Wildman–Crippen LogP) is -7.00. The van der Waals surface area contributed by atoms with E-state index in [1.807, 2.05) is 0 Å². The Bertz CT molecular complexity index is 371. The third-order valence-electron chi connectivity index (χ3n) is 3.41. The van der Waals surface area contributed by atoms with Gasteiger partial charge >= 0.3 is 59.1 Å². The maximum atomic E-state index is 11.2. The van der Waals surface area contributed by atoms with Crippen LogP contribution in [0, 0.1) is 11.8 Å². The second-order valence-corrected chi connectivity index (χ2v) is 5.06. The molecule has 0 aromatic carbocycles. The van der Waals surface area contributed by atoms with Crippen LogP contribution in [0.5, 0.6) is 0 Å². The van der Waals surface area contributed by atoms with Crippen LogP contribution in [0.25, 0.3) is 0 Å². The summed E-state index contributed by atoms with van der Waals surface area (Å²) in [5, 5.41) is 31.7. The average molecular weight is 300 g/mol. The minimum atomic E-state index is -1.45. The number of carbonyl (C=O) groups is 2. The summed E-state index contributed by atoms with van der Waals surface area (Å²) in [6, 6.07) is 0. The van der Waals surface area contributed by atoms with Gasteiger partial charge in [0.25, 0.3) is 0 Å². The molecule has 102 valence electrons. The molecule has 1 rings (SSSR count). The van der Waals surface area contributed by atoms with Crippen molar-refractivity contribution in [1.82, 2.24) is 0 Å². The van der Waals surface area contributed by atoms with Gasteiger partial charge in [0, 0.05) is 0 Å². The molecule has 20 heavy (non-hydrogen) atoms. The zero-order valence-corrected chi connectivity index (χ0v) is 16.6. The van der Waals surface area contributed by atoms with Crippen LogP contribution in [0.1, 0.15) is 39.5 Å². The number of hydrogen-bond donors (Lipinski definition) is 1. The summed E-state index contributed by atoms with van der Waals surface area (Å²) < 4.78 is 0. The first-order chi connectivity index (χ1) is 8.34. The summed E-state index contributed by atoms with van der Waals surface area (Å²) in [7, 11) is 0. The standard InChI is InChI=1S/C13H20O5.2Na/c1-7(2)10(12(15)16)11(13(17)18)8-3-5-9(14)6-4-8;;/h7-9,14H,3-6H2,1-2H3,(H,15,16)(H,17,18);;/q;2*+1/p-2/b11-10-;;. The SMILES string of the molecule is CC(C)/C(C(=O)[O-])=C(/C(=O)[O-])C1CCC(O)CC1.[Na+].[Na+]. The Morgan fingerprint density at radius 3 is 1.75 bits per heavy atom. The van der Waals surface area contributed by atoms with Crippen molar-refractivity contribution in [2.24, 2.45) is 11.8 Å². The molecule has 7 heteroatoms. The van der Waals surface area contributed by atoms with Crippen molar-refractivity contribution < 1.29 is 84.0 Å². The molecule has 0 aromatic rings. The predicted molar refractivity (Wildman–Crippen MR) is 59.8 cm³/mol. The molecule has 0 amide bonds. The second kappa shape index (κ2) is 10.4. The van der Waals surface area contributed by atoms with E-state index >= 15 is 0 Å². The number of aliphatic hydroxyl groups is 1. The van der Waals surface area contributed by atoms with Crippen molar-refractivity contribution in [2.75, 3.05) is 0 Å². The summed E-state index contributed by atoms with van der Waals surface area (Å²) in [5.41, 5.74) is -0.340. The third-order valence-corrected chi connectivity index (χ3v) is 3.41. The van der Waals surface area contributed by atoms with E-state index in [0.29, 0.717) is 25.7 Å². The van der Waals surface area contributed by atoms with Gasteiger partial charge in [0.15, 0.2) is 0 Å². The molecule has 1 fully saturated rings. The van der Waals surface area contributed by atoms with E-state index in [0.717, 1.165) is 0 Å². The van der Waals surface area contributed by atoms with E-state index in [9.17, 15) is 24.9 Å². The van der Waals surface area contributed by atoms with E-state index in [2.05, 4.69) is 0 Å². The summed E-state index contributed by atoms with van der Waals surface area (Å²) in [6.07, 6.45) is 1.48. The topological polar surface area (TPSA) is 100 Å². The summed E-state index contributed by atoms with van der Waals surface area (Å²) in [6.45, 7) is 3.23. The van der Waals surface area contributed by atoms with Crippen molar-refractivity contribution in [3.8, 4) is 0 Å². The molecular formula is C13H18Na2O5. The first-order valence-corrected chi connectivity index (χ1v) is 6.19. The van der Waals surface area contributed by atoms with Gasteiger partial charge in [-0.3, -0.25) is 0 Å². The zero-order chi connectivity index (χ0) is 13.9. The van der Waals surface area contributed by atoms with Crippen LogP contribution >= 0.6 is 0 Å². The van der Waals surface area contributed by atoms with Gasteiger partial charge in [0.2, 0.25) is 0 Å². The van der Waals surface area contributed by atoms with E-state index in [1.165, 1.54) is 0 Å². The molecule has 0 aliphatic heterocycles. The smallest absolute Gasteiger partial charge is 0.545 e. The number of aliphatic hydroxyl groups excluding tert-OH is 1. The fraction of sp³-hybridized carbons (Fsp3) is 0.692. The molecule has 5 nitrogen and oxygen atoms in total. The largest absolute Gasteiger partial charge is 1.00 e. The Hall–Kier alpha value is 0.640.